The first-order chi connectivity index (χ1) is 6.25. The van der Waals surface area contributed by atoms with Crippen molar-refractivity contribution in [3.8, 4) is 0 Å². The van der Waals surface area contributed by atoms with E-state index in [9.17, 15) is 0 Å². The third-order valence-corrected chi connectivity index (χ3v) is 2.54. The molecule has 1 nitrogen and oxygen atoms in total. The molecule has 0 bridgehead atoms. The van der Waals surface area contributed by atoms with Gasteiger partial charge in [0.1, 0.15) is 0 Å². The van der Waals surface area contributed by atoms with Gasteiger partial charge >= 0.3 is 0 Å². The molecule has 0 spiro atoms. The molecule has 68 valence electrons. The van der Waals surface area contributed by atoms with Gasteiger partial charge in [-0.1, -0.05) is 23.8 Å². The summed E-state index contributed by atoms with van der Waals surface area (Å²) in [5.74, 6) is 0. The molecule has 13 heavy (non-hydrogen) atoms. The molecule has 2 rings (SSSR count). The van der Waals surface area contributed by atoms with Crippen LogP contribution in [0.4, 0.5) is 0 Å². The summed E-state index contributed by atoms with van der Waals surface area (Å²) in [5.41, 5.74) is 4.18. The average Bonchev–Trinajstić information content (AvgIpc) is 2.29. The quantitative estimate of drug-likeness (QED) is 0.582. The van der Waals surface area contributed by atoms with Crippen molar-refractivity contribution in [3.63, 3.8) is 0 Å². The Bertz CT molecular complexity index is 339. The van der Waals surface area contributed by atoms with Crippen LogP contribution in [0.2, 0.25) is 0 Å². The molecule has 0 N–H and O–H groups in total. The maximum atomic E-state index is 2.25. The Hall–Kier alpha value is -1.24. The van der Waals surface area contributed by atoms with E-state index in [1.807, 2.05) is 0 Å². The minimum atomic E-state index is 1.12. The molecule has 0 atom stereocenters. The molecule has 1 aliphatic heterocycles. The molecular formula is C12H15N. The Balaban J connectivity index is 2.42. The monoisotopic (exact) mass is 173 g/mol. The van der Waals surface area contributed by atoms with Crippen LogP contribution in [0.15, 0.2) is 24.4 Å². The SMILES string of the molecule is Cc1ccc2c(c1)C=CN(C)CC2. The van der Waals surface area contributed by atoms with Gasteiger partial charge in [0.25, 0.3) is 0 Å². The zero-order valence-corrected chi connectivity index (χ0v) is 8.25. The summed E-state index contributed by atoms with van der Waals surface area (Å²) in [6.07, 6.45) is 5.51. The summed E-state index contributed by atoms with van der Waals surface area (Å²) < 4.78 is 0. The maximum Gasteiger partial charge on any atom is 0.0209 e. The Morgan fingerprint density at radius 2 is 2.15 bits per heavy atom. The van der Waals surface area contributed by atoms with Gasteiger partial charge < -0.3 is 4.90 Å². The lowest BCUT2D eigenvalue weighted by atomic mass is 10.0. The van der Waals surface area contributed by atoms with E-state index < -0.39 is 0 Å². The van der Waals surface area contributed by atoms with E-state index in [-0.39, 0.29) is 0 Å². The van der Waals surface area contributed by atoms with Gasteiger partial charge in [-0.25, -0.2) is 0 Å². The lowest BCUT2D eigenvalue weighted by Gasteiger charge is -2.10. The third kappa shape index (κ3) is 1.74. The smallest absolute Gasteiger partial charge is 0.0209 e. The number of nitrogens with zero attached hydrogens (tertiary/aromatic N) is 1. The van der Waals surface area contributed by atoms with Crippen molar-refractivity contribution >= 4 is 6.08 Å². The molecule has 0 aliphatic carbocycles. The summed E-state index contributed by atoms with van der Waals surface area (Å²) in [6, 6.07) is 6.69. The number of likely N-dealkylation sites (N-methyl/N-ethyl adjacent to an activating group) is 1. The average molecular weight is 173 g/mol. The highest BCUT2D eigenvalue weighted by Crippen LogP contribution is 2.17. The fourth-order valence-electron chi connectivity index (χ4n) is 1.68. The molecular weight excluding hydrogens is 158 g/mol. The number of hydrogen-bond donors (Lipinski definition) is 0. The minimum Gasteiger partial charge on any atom is -0.380 e. The Morgan fingerprint density at radius 3 is 3.00 bits per heavy atom. The molecule has 1 aliphatic rings. The molecule has 0 fully saturated rings. The van der Waals surface area contributed by atoms with Crippen LogP contribution < -0.4 is 0 Å². The highest BCUT2D eigenvalue weighted by Gasteiger charge is 2.04. The zero-order valence-electron chi connectivity index (χ0n) is 8.25. The molecule has 1 aromatic rings. The van der Waals surface area contributed by atoms with Crippen LogP contribution in [0.5, 0.6) is 0 Å². The highest BCUT2D eigenvalue weighted by molar-refractivity contribution is 5.55. The van der Waals surface area contributed by atoms with Crippen LogP contribution >= 0.6 is 0 Å². The fourth-order valence-corrected chi connectivity index (χ4v) is 1.68. The molecule has 1 heterocycles. The van der Waals surface area contributed by atoms with Crippen LogP contribution in [-0.2, 0) is 6.42 Å². The predicted molar refractivity (Wildman–Crippen MR) is 56.5 cm³/mol. The van der Waals surface area contributed by atoms with Crippen LogP contribution in [0.1, 0.15) is 16.7 Å². The van der Waals surface area contributed by atoms with Crippen molar-refractivity contribution in [2.45, 2.75) is 13.3 Å². The summed E-state index contributed by atoms with van der Waals surface area (Å²) >= 11 is 0. The van der Waals surface area contributed by atoms with Gasteiger partial charge in [-0.05, 0) is 36.7 Å². The van der Waals surface area contributed by atoms with Gasteiger partial charge in [0.15, 0.2) is 0 Å². The van der Waals surface area contributed by atoms with E-state index in [0.717, 1.165) is 13.0 Å². The highest BCUT2D eigenvalue weighted by atomic mass is 15.1. The molecule has 1 heteroatoms. The van der Waals surface area contributed by atoms with Crippen LogP contribution in [0.25, 0.3) is 6.08 Å². The molecule has 0 saturated heterocycles. The second-order valence-corrected chi connectivity index (χ2v) is 3.75. The van der Waals surface area contributed by atoms with Gasteiger partial charge in [0.05, 0.1) is 0 Å². The molecule has 0 unspecified atom stereocenters. The maximum absolute atomic E-state index is 2.25. The van der Waals surface area contributed by atoms with Crippen molar-refractivity contribution in [3.05, 3.63) is 41.1 Å². The first-order valence-corrected chi connectivity index (χ1v) is 4.74. The number of fused-ring (bicyclic) bond motifs is 1. The lowest BCUT2D eigenvalue weighted by Crippen LogP contribution is -2.12. The second-order valence-electron chi connectivity index (χ2n) is 3.75. The topological polar surface area (TPSA) is 3.24 Å². The standard InChI is InChI=1S/C12H15N/c1-10-3-4-11-5-7-13(2)8-6-12(11)9-10/h3-4,6,8-9H,5,7H2,1-2H3. The van der Waals surface area contributed by atoms with Crippen molar-refractivity contribution in [2.24, 2.45) is 0 Å². The van der Waals surface area contributed by atoms with Crippen molar-refractivity contribution in [1.29, 1.82) is 0 Å². The van der Waals surface area contributed by atoms with E-state index >= 15 is 0 Å². The van der Waals surface area contributed by atoms with Crippen LogP contribution in [0.3, 0.4) is 0 Å². The van der Waals surface area contributed by atoms with E-state index in [4.69, 9.17) is 0 Å². The molecule has 1 aromatic carbocycles. The summed E-state index contributed by atoms with van der Waals surface area (Å²) in [4.78, 5) is 2.23. The summed E-state index contributed by atoms with van der Waals surface area (Å²) in [7, 11) is 2.12. The molecule has 0 radical (unpaired) electrons. The normalized spacial score (nSPS) is 15.4. The van der Waals surface area contributed by atoms with Crippen LogP contribution in [-0.4, -0.2) is 18.5 Å². The molecule has 0 saturated carbocycles. The lowest BCUT2D eigenvalue weighted by molar-refractivity contribution is 0.466. The van der Waals surface area contributed by atoms with E-state index in [1.54, 1.807) is 0 Å². The summed E-state index contributed by atoms with van der Waals surface area (Å²) in [5, 5.41) is 0. The van der Waals surface area contributed by atoms with Crippen molar-refractivity contribution in [2.75, 3.05) is 13.6 Å². The number of rotatable bonds is 0. The Labute approximate surface area is 79.7 Å². The van der Waals surface area contributed by atoms with Crippen molar-refractivity contribution in [1.82, 2.24) is 4.90 Å². The van der Waals surface area contributed by atoms with Crippen molar-refractivity contribution < 1.29 is 0 Å². The van der Waals surface area contributed by atoms with Gasteiger partial charge in [0, 0.05) is 13.6 Å². The number of benzene rings is 1. The van der Waals surface area contributed by atoms with Gasteiger partial charge in [-0.15, -0.1) is 0 Å². The van der Waals surface area contributed by atoms with Gasteiger partial charge in [-0.2, -0.15) is 0 Å². The molecule has 0 amide bonds. The first kappa shape index (κ1) is 8.36. The third-order valence-electron chi connectivity index (χ3n) is 2.54. The Morgan fingerprint density at radius 1 is 1.31 bits per heavy atom. The fraction of sp³-hybridized carbons (Fsp3) is 0.333. The minimum absolute atomic E-state index is 1.12. The number of hydrogen-bond acceptors (Lipinski definition) is 1. The van der Waals surface area contributed by atoms with Crippen LogP contribution in [0, 0.1) is 6.92 Å². The predicted octanol–water partition coefficient (Wildman–Crippen LogP) is 2.45. The second kappa shape index (κ2) is 3.25. The number of aryl methyl sites for hydroxylation is 1. The Kier molecular flexibility index (Phi) is 2.09. The summed E-state index contributed by atoms with van der Waals surface area (Å²) in [6.45, 7) is 3.26. The molecule has 0 aromatic heterocycles. The van der Waals surface area contributed by atoms with E-state index in [2.05, 4.69) is 49.3 Å². The first-order valence-electron chi connectivity index (χ1n) is 4.74. The van der Waals surface area contributed by atoms with E-state index in [0.29, 0.717) is 0 Å². The largest absolute Gasteiger partial charge is 0.380 e. The van der Waals surface area contributed by atoms with E-state index in [1.165, 1.54) is 16.7 Å². The van der Waals surface area contributed by atoms with Gasteiger partial charge in [-0.3, -0.25) is 0 Å². The van der Waals surface area contributed by atoms with Gasteiger partial charge in [0.2, 0.25) is 0 Å². The zero-order chi connectivity index (χ0) is 9.26.